The number of carbonyl (C=O) groups excluding carboxylic acids is 2. The molecule has 2 aromatic carbocycles. The second-order valence-corrected chi connectivity index (χ2v) is 8.96. The fourth-order valence-electron chi connectivity index (χ4n) is 3.91. The summed E-state index contributed by atoms with van der Waals surface area (Å²) in [6.07, 6.45) is 7.26. The zero-order valence-electron chi connectivity index (χ0n) is 18.6. The Morgan fingerprint density at radius 2 is 1.91 bits per heavy atom. The first-order chi connectivity index (χ1) is 15.3. The van der Waals surface area contributed by atoms with E-state index in [0.717, 1.165) is 31.2 Å². The van der Waals surface area contributed by atoms with E-state index in [-0.39, 0.29) is 40.3 Å². The third kappa shape index (κ3) is 4.49. The van der Waals surface area contributed by atoms with E-state index in [9.17, 15) is 14.7 Å². The molecular formula is C26H28O6. The minimum Gasteiger partial charge on any atom is -0.507 e. The van der Waals surface area contributed by atoms with Crippen molar-refractivity contribution >= 4 is 17.8 Å². The summed E-state index contributed by atoms with van der Waals surface area (Å²) in [4.78, 5) is 24.9. The highest BCUT2D eigenvalue weighted by Crippen LogP contribution is 2.44. The third-order valence-electron chi connectivity index (χ3n) is 6.12. The molecule has 6 nitrogen and oxygen atoms in total. The van der Waals surface area contributed by atoms with Gasteiger partial charge in [-0.15, -0.1) is 0 Å². The maximum atomic E-state index is 12.9. The molecule has 0 aromatic heterocycles. The number of hydrogen-bond donors (Lipinski definition) is 1. The first-order valence-electron chi connectivity index (χ1n) is 10.9. The zero-order chi connectivity index (χ0) is 22.9. The lowest BCUT2D eigenvalue weighted by Gasteiger charge is -2.33. The Kier molecular flexibility index (Phi) is 5.96. The molecule has 4 rings (SSSR count). The summed E-state index contributed by atoms with van der Waals surface area (Å²) < 4.78 is 16.7. The molecule has 0 unspecified atom stereocenters. The number of hydrogen-bond acceptors (Lipinski definition) is 6. The van der Waals surface area contributed by atoms with Gasteiger partial charge in [-0.05, 0) is 63.3 Å². The first kappa shape index (κ1) is 21.9. The van der Waals surface area contributed by atoms with Crippen LogP contribution >= 0.6 is 0 Å². The quantitative estimate of drug-likeness (QED) is 0.293. The van der Waals surface area contributed by atoms with E-state index in [1.807, 2.05) is 13.8 Å². The van der Waals surface area contributed by atoms with Gasteiger partial charge in [0.05, 0.1) is 13.0 Å². The Bertz CT molecular complexity index is 1060. The maximum Gasteiger partial charge on any atom is 0.314 e. The monoisotopic (exact) mass is 436 g/mol. The number of rotatable bonds is 6. The van der Waals surface area contributed by atoms with Crippen molar-refractivity contribution in [2.75, 3.05) is 7.11 Å². The summed E-state index contributed by atoms with van der Waals surface area (Å²) in [5.41, 5.74) is 1.17. The van der Waals surface area contributed by atoms with Gasteiger partial charge in [0.1, 0.15) is 34.2 Å². The molecule has 0 amide bonds. The Hall–Kier alpha value is -3.28. The minimum atomic E-state index is -0.368. The molecule has 0 saturated heterocycles. The number of fused-ring (bicyclic) bond motifs is 1. The highest BCUT2D eigenvalue weighted by Gasteiger charge is 2.32. The van der Waals surface area contributed by atoms with Crippen LogP contribution in [0.5, 0.6) is 23.0 Å². The summed E-state index contributed by atoms with van der Waals surface area (Å²) in [5, 5.41) is 10.8. The van der Waals surface area contributed by atoms with Gasteiger partial charge in [-0.2, -0.15) is 0 Å². The van der Waals surface area contributed by atoms with Crippen molar-refractivity contribution in [3.05, 3.63) is 53.1 Å². The number of aromatic hydroxyl groups is 1. The van der Waals surface area contributed by atoms with Crippen LogP contribution in [-0.2, 0) is 11.2 Å². The molecule has 0 radical (unpaired) electrons. The number of ether oxygens (including phenoxy) is 3. The number of methoxy groups -OCH3 is 1. The fourth-order valence-corrected chi connectivity index (χ4v) is 3.91. The van der Waals surface area contributed by atoms with Gasteiger partial charge < -0.3 is 19.3 Å². The van der Waals surface area contributed by atoms with Gasteiger partial charge in [-0.3, -0.25) is 9.59 Å². The molecule has 2 aliphatic rings. The van der Waals surface area contributed by atoms with Gasteiger partial charge in [0.2, 0.25) is 0 Å². The number of phenolic OH excluding ortho intramolecular Hbond substituents is 1. The van der Waals surface area contributed by atoms with Gasteiger partial charge in [-0.25, -0.2) is 0 Å². The molecular weight excluding hydrogens is 408 g/mol. The largest absolute Gasteiger partial charge is 0.507 e. The molecule has 1 aliphatic carbocycles. The van der Waals surface area contributed by atoms with E-state index < -0.39 is 0 Å². The van der Waals surface area contributed by atoms with Gasteiger partial charge in [0.15, 0.2) is 5.78 Å². The van der Waals surface area contributed by atoms with E-state index in [4.69, 9.17) is 14.2 Å². The number of carbonyl (C=O) groups is 2. The SMILES string of the molecule is COc1cc2c(c(O)c1C(=O)/C=C/c1ccc(OC(=O)C3CCC3)cc1)CCC(C)(C)O2. The topological polar surface area (TPSA) is 82.1 Å². The Morgan fingerprint density at radius 1 is 1.19 bits per heavy atom. The van der Waals surface area contributed by atoms with Crippen molar-refractivity contribution < 1.29 is 28.9 Å². The number of phenols is 1. The third-order valence-corrected chi connectivity index (χ3v) is 6.12. The lowest BCUT2D eigenvalue weighted by Crippen LogP contribution is -2.32. The van der Waals surface area contributed by atoms with E-state index >= 15 is 0 Å². The van der Waals surface area contributed by atoms with Gasteiger partial charge in [0, 0.05) is 11.6 Å². The van der Waals surface area contributed by atoms with Crippen molar-refractivity contribution in [1.29, 1.82) is 0 Å². The summed E-state index contributed by atoms with van der Waals surface area (Å²) in [6.45, 7) is 3.97. The van der Waals surface area contributed by atoms with Crippen LogP contribution in [0, 0.1) is 5.92 Å². The molecule has 0 bridgehead atoms. The number of ketones is 1. The summed E-state index contributed by atoms with van der Waals surface area (Å²) in [5.74, 6) is 0.674. The maximum absolute atomic E-state index is 12.9. The molecule has 1 heterocycles. The molecule has 0 spiro atoms. The van der Waals surface area contributed by atoms with Gasteiger partial charge >= 0.3 is 5.97 Å². The predicted octanol–water partition coefficient (Wildman–Crippen LogP) is 5.11. The lowest BCUT2D eigenvalue weighted by atomic mass is 9.86. The molecule has 6 heteroatoms. The van der Waals surface area contributed by atoms with Crippen LogP contribution in [-0.4, -0.2) is 29.6 Å². The second kappa shape index (κ2) is 8.69. The normalized spacial score (nSPS) is 17.2. The smallest absolute Gasteiger partial charge is 0.314 e. The zero-order valence-corrected chi connectivity index (χ0v) is 18.6. The average Bonchev–Trinajstić information content (AvgIpc) is 2.70. The average molecular weight is 437 g/mol. The molecule has 32 heavy (non-hydrogen) atoms. The Labute approximate surface area is 187 Å². The molecule has 168 valence electrons. The van der Waals surface area contributed by atoms with Crippen LogP contribution in [0.4, 0.5) is 0 Å². The van der Waals surface area contributed by atoms with E-state index in [0.29, 0.717) is 23.5 Å². The minimum absolute atomic E-state index is 0.0166. The number of esters is 1. The molecule has 0 atom stereocenters. The predicted molar refractivity (Wildman–Crippen MR) is 120 cm³/mol. The van der Waals surface area contributed by atoms with E-state index in [2.05, 4.69) is 0 Å². The Morgan fingerprint density at radius 3 is 2.53 bits per heavy atom. The molecule has 1 fully saturated rings. The van der Waals surface area contributed by atoms with Crippen LogP contribution in [0.25, 0.3) is 6.08 Å². The summed E-state index contributed by atoms with van der Waals surface area (Å²) in [7, 11) is 1.46. The highest BCUT2D eigenvalue weighted by molar-refractivity contribution is 6.11. The van der Waals surface area contributed by atoms with Crippen LogP contribution < -0.4 is 14.2 Å². The molecule has 1 aliphatic heterocycles. The van der Waals surface area contributed by atoms with Crippen LogP contribution in [0.2, 0.25) is 0 Å². The standard InChI is InChI=1S/C26H28O6/c1-26(2)14-13-19-21(32-26)15-22(30-3)23(24(19)28)20(27)12-9-16-7-10-18(11-8-16)31-25(29)17-5-4-6-17/h7-12,15,17,28H,4-6,13-14H2,1-3H3/b12-9+. The van der Waals surface area contributed by atoms with Crippen molar-refractivity contribution in [2.45, 2.75) is 51.6 Å². The summed E-state index contributed by atoms with van der Waals surface area (Å²) in [6, 6.07) is 8.62. The van der Waals surface area contributed by atoms with Crippen molar-refractivity contribution in [3.8, 4) is 23.0 Å². The highest BCUT2D eigenvalue weighted by atomic mass is 16.5. The van der Waals surface area contributed by atoms with Crippen LogP contribution in [0.15, 0.2) is 36.4 Å². The van der Waals surface area contributed by atoms with Crippen molar-refractivity contribution in [3.63, 3.8) is 0 Å². The Balaban J connectivity index is 1.50. The van der Waals surface area contributed by atoms with E-state index in [1.54, 1.807) is 36.4 Å². The fraction of sp³-hybridized carbons (Fsp3) is 0.385. The molecule has 1 saturated carbocycles. The molecule has 1 N–H and O–H groups in total. The van der Waals surface area contributed by atoms with Gasteiger partial charge in [0.25, 0.3) is 0 Å². The molecule has 2 aromatic rings. The first-order valence-corrected chi connectivity index (χ1v) is 10.9. The van der Waals surface area contributed by atoms with Crippen molar-refractivity contribution in [2.24, 2.45) is 5.92 Å². The van der Waals surface area contributed by atoms with Crippen molar-refractivity contribution in [1.82, 2.24) is 0 Å². The summed E-state index contributed by atoms with van der Waals surface area (Å²) >= 11 is 0. The number of benzene rings is 2. The number of allylic oxidation sites excluding steroid dienone is 1. The van der Waals surface area contributed by atoms with E-state index in [1.165, 1.54) is 13.2 Å². The van der Waals surface area contributed by atoms with Crippen LogP contribution in [0.3, 0.4) is 0 Å². The lowest BCUT2D eigenvalue weighted by molar-refractivity contribution is -0.141. The van der Waals surface area contributed by atoms with Crippen LogP contribution in [0.1, 0.15) is 61.0 Å². The van der Waals surface area contributed by atoms with Gasteiger partial charge in [-0.1, -0.05) is 24.6 Å². The second-order valence-electron chi connectivity index (χ2n) is 8.96.